The first-order chi connectivity index (χ1) is 9.78. The molecular formula is C16H19FN2S. The molecule has 3 rings (SSSR count). The van der Waals surface area contributed by atoms with Crippen LogP contribution < -0.4 is 10.2 Å². The van der Waals surface area contributed by atoms with Gasteiger partial charge < -0.3 is 10.2 Å². The molecule has 0 saturated carbocycles. The summed E-state index contributed by atoms with van der Waals surface area (Å²) in [4.78, 5) is 3.86. The van der Waals surface area contributed by atoms with Gasteiger partial charge in [0, 0.05) is 30.2 Å². The topological polar surface area (TPSA) is 15.3 Å². The highest BCUT2D eigenvalue weighted by Gasteiger charge is 2.19. The van der Waals surface area contributed by atoms with Crippen molar-refractivity contribution in [2.45, 2.75) is 26.4 Å². The first-order valence-corrected chi connectivity index (χ1v) is 7.95. The van der Waals surface area contributed by atoms with Crippen LogP contribution in [0.1, 0.15) is 22.9 Å². The molecule has 0 amide bonds. The van der Waals surface area contributed by atoms with E-state index in [1.54, 1.807) is 12.1 Å². The van der Waals surface area contributed by atoms with Crippen molar-refractivity contribution in [3.63, 3.8) is 0 Å². The van der Waals surface area contributed by atoms with Gasteiger partial charge in [-0.15, -0.1) is 11.3 Å². The number of thiophene rings is 1. The summed E-state index contributed by atoms with van der Waals surface area (Å²) in [5.74, 6) is -0.158. The quantitative estimate of drug-likeness (QED) is 0.926. The first kappa shape index (κ1) is 13.6. The third-order valence-electron chi connectivity index (χ3n) is 3.76. The molecule has 1 aliphatic heterocycles. The highest BCUT2D eigenvalue weighted by Crippen LogP contribution is 2.30. The number of rotatable bonds is 4. The molecule has 1 aliphatic rings. The van der Waals surface area contributed by atoms with E-state index in [1.165, 1.54) is 10.4 Å². The number of anilines is 1. The predicted molar refractivity (Wildman–Crippen MR) is 82.9 cm³/mol. The Morgan fingerprint density at radius 3 is 3.10 bits per heavy atom. The van der Waals surface area contributed by atoms with E-state index in [9.17, 15) is 4.39 Å². The second-order valence-electron chi connectivity index (χ2n) is 5.09. The average Bonchev–Trinajstić information content (AvgIpc) is 2.92. The number of hydrogen-bond donors (Lipinski definition) is 1. The van der Waals surface area contributed by atoms with E-state index < -0.39 is 0 Å². The minimum Gasteiger partial charge on any atom is -0.367 e. The SMILES string of the molecule is CCNCc1cc(F)ccc1N1CCc2sccc2C1. The summed E-state index contributed by atoms with van der Waals surface area (Å²) in [7, 11) is 0. The van der Waals surface area contributed by atoms with Crippen LogP contribution in [0.5, 0.6) is 0 Å². The smallest absolute Gasteiger partial charge is 0.123 e. The van der Waals surface area contributed by atoms with Gasteiger partial charge in [0.1, 0.15) is 5.82 Å². The van der Waals surface area contributed by atoms with Gasteiger partial charge in [-0.25, -0.2) is 4.39 Å². The fraction of sp³-hybridized carbons (Fsp3) is 0.375. The van der Waals surface area contributed by atoms with Gasteiger partial charge in [-0.3, -0.25) is 0 Å². The molecule has 20 heavy (non-hydrogen) atoms. The molecule has 1 aromatic carbocycles. The van der Waals surface area contributed by atoms with E-state index >= 15 is 0 Å². The Morgan fingerprint density at radius 2 is 2.25 bits per heavy atom. The Labute approximate surface area is 123 Å². The zero-order valence-corrected chi connectivity index (χ0v) is 12.5. The molecule has 2 aromatic rings. The highest BCUT2D eigenvalue weighted by molar-refractivity contribution is 7.10. The molecular weight excluding hydrogens is 271 g/mol. The normalized spacial score (nSPS) is 14.4. The molecule has 0 atom stereocenters. The summed E-state index contributed by atoms with van der Waals surface area (Å²) in [5, 5.41) is 5.46. The number of nitrogens with one attached hydrogen (secondary N) is 1. The molecule has 1 aromatic heterocycles. The molecule has 0 spiro atoms. The molecule has 4 heteroatoms. The van der Waals surface area contributed by atoms with Gasteiger partial charge in [-0.2, -0.15) is 0 Å². The maximum Gasteiger partial charge on any atom is 0.123 e. The van der Waals surface area contributed by atoms with E-state index in [0.29, 0.717) is 0 Å². The van der Waals surface area contributed by atoms with Crippen LogP contribution in [-0.4, -0.2) is 13.1 Å². The van der Waals surface area contributed by atoms with Gasteiger partial charge in [0.05, 0.1) is 0 Å². The number of nitrogens with zero attached hydrogens (tertiary/aromatic N) is 1. The van der Waals surface area contributed by atoms with Gasteiger partial charge in [-0.05, 0) is 53.7 Å². The summed E-state index contributed by atoms with van der Waals surface area (Å²) in [6, 6.07) is 7.34. The van der Waals surface area contributed by atoms with E-state index in [0.717, 1.165) is 43.9 Å². The third-order valence-corrected chi connectivity index (χ3v) is 4.78. The van der Waals surface area contributed by atoms with Crippen LogP contribution in [0.15, 0.2) is 29.6 Å². The lowest BCUT2D eigenvalue weighted by atomic mass is 10.1. The van der Waals surface area contributed by atoms with Crippen LogP contribution in [-0.2, 0) is 19.5 Å². The zero-order chi connectivity index (χ0) is 13.9. The van der Waals surface area contributed by atoms with E-state index in [2.05, 4.69) is 28.6 Å². The molecule has 2 heterocycles. The molecule has 0 fully saturated rings. The Hall–Kier alpha value is -1.39. The monoisotopic (exact) mass is 290 g/mol. The van der Waals surface area contributed by atoms with Crippen molar-refractivity contribution >= 4 is 17.0 Å². The Balaban J connectivity index is 1.86. The number of halogens is 1. The van der Waals surface area contributed by atoms with Gasteiger partial charge in [0.2, 0.25) is 0 Å². The first-order valence-electron chi connectivity index (χ1n) is 7.07. The number of benzene rings is 1. The third kappa shape index (κ3) is 2.72. The van der Waals surface area contributed by atoms with Gasteiger partial charge >= 0.3 is 0 Å². The van der Waals surface area contributed by atoms with Crippen LogP contribution >= 0.6 is 11.3 Å². The lowest BCUT2D eigenvalue weighted by Crippen LogP contribution is -2.30. The fourth-order valence-electron chi connectivity index (χ4n) is 2.72. The second kappa shape index (κ2) is 5.94. The maximum atomic E-state index is 13.5. The lowest BCUT2D eigenvalue weighted by Gasteiger charge is -2.31. The molecule has 0 bridgehead atoms. The van der Waals surface area contributed by atoms with Crippen molar-refractivity contribution in [3.8, 4) is 0 Å². The van der Waals surface area contributed by atoms with Gasteiger partial charge in [0.25, 0.3) is 0 Å². The molecule has 1 N–H and O–H groups in total. The van der Waals surface area contributed by atoms with Crippen molar-refractivity contribution in [2.75, 3.05) is 18.0 Å². The van der Waals surface area contributed by atoms with Crippen LogP contribution in [0.25, 0.3) is 0 Å². The Bertz CT molecular complexity index is 594. The van der Waals surface area contributed by atoms with E-state index in [1.807, 2.05) is 17.4 Å². The lowest BCUT2D eigenvalue weighted by molar-refractivity contribution is 0.620. The molecule has 106 valence electrons. The zero-order valence-electron chi connectivity index (χ0n) is 11.7. The van der Waals surface area contributed by atoms with Crippen molar-refractivity contribution in [1.82, 2.24) is 5.32 Å². The van der Waals surface area contributed by atoms with Gasteiger partial charge in [0.15, 0.2) is 0 Å². The molecule has 0 unspecified atom stereocenters. The summed E-state index contributed by atoms with van der Waals surface area (Å²) in [6.07, 6.45) is 1.09. The van der Waals surface area contributed by atoms with Crippen LogP contribution in [0.3, 0.4) is 0 Å². The van der Waals surface area contributed by atoms with Crippen molar-refractivity contribution in [3.05, 3.63) is 51.5 Å². The van der Waals surface area contributed by atoms with Crippen LogP contribution in [0.2, 0.25) is 0 Å². The fourth-order valence-corrected chi connectivity index (χ4v) is 3.61. The van der Waals surface area contributed by atoms with Crippen LogP contribution in [0, 0.1) is 5.82 Å². The number of fused-ring (bicyclic) bond motifs is 1. The van der Waals surface area contributed by atoms with E-state index in [-0.39, 0.29) is 5.82 Å². The molecule has 0 saturated heterocycles. The second-order valence-corrected chi connectivity index (χ2v) is 6.09. The molecule has 2 nitrogen and oxygen atoms in total. The Kier molecular flexibility index (Phi) is 4.03. The summed E-state index contributed by atoms with van der Waals surface area (Å²) < 4.78 is 13.5. The average molecular weight is 290 g/mol. The van der Waals surface area contributed by atoms with E-state index in [4.69, 9.17) is 0 Å². The minimum absolute atomic E-state index is 0.158. The van der Waals surface area contributed by atoms with Gasteiger partial charge in [-0.1, -0.05) is 6.92 Å². The van der Waals surface area contributed by atoms with Crippen molar-refractivity contribution in [1.29, 1.82) is 0 Å². The standard InChI is InChI=1S/C16H19FN2S/c1-2-18-10-13-9-14(17)3-4-15(13)19-7-5-16-12(11-19)6-8-20-16/h3-4,6,8-9,18H,2,5,7,10-11H2,1H3. The summed E-state index contributed by atoms with van der Waals surface area (Å²) in [5.41, 5.74) is 3.62. The summed E-state index contributed by atoms with van der Waals surface area (Å²) >= 11 is 1.84. The molecule has 0 aliphatic carbocycles. The predicted octanol–water partition coefficient (Wildman–Crippen LogP) is 3.56. The van der Waals surface area contributed by atoms with Crippen LogP contribution in [0.4, 0.5) is 10.1 Å². The maximum absolute atomic E-state index is 13.5. The minimum atomic E-state index is -0.158. The molecule has 0 radical (unpaired) electrons. The Morgan fingerprint density at radius 1 is 1.35 bits per heavy atom. The largest absolute Gasteiger partial charge is 0.367 e. The van der Waals surface area contributed by atoms with Crippen molar-refractivity contribution in [2.24, 2.45) is 0 Å². The highest BCUT2D eigenvalue weighted by atomic mass is 32.1. The summed E-state index contributed by atoms with van der Waals surface area (Å²) in [6.45, 7) is 5.63. The number of hydrogen-bond acceptors (Lipinski definition) is 3. The van der Waals surface area contributed by atoms with Crippen molar-refractivity contribution < 1.29 is 4.39 Å².